The molecule has 0 fully saturated rings. The summed E-state index contributed by atoms with van der Waals surface area (Å²) in [6.07, 6.45) is 0. The minimum Gasteiger partial charge on any atom is -0.357 e. The summed E-state index contributed by atoms with van der Waals surface area (Å²) in [4.78, 5) is 17.3. The third kappa shape index (κ3) is 2.98. The Morgan fingerprint density at radius 1 is 1.38 bits per heavy atom. The van der Waals surface area contributed by atoms with Gasteiger partial charge in [0.2, 0.25) is 0 Å². The van der Waals surface area contributed by atoms with E-state index >= 15 is 0 Å². The molecule has 0 aliphatic heterocycles. The topological polar surface area (TPSA) is 57.8 Å². The fourth-order valence-corrected chi connectivity index (χ4v) is 2.10. The summed E-state index contributed by atoms with van der Waals surface area (Å²) in [6, 6.07) is 9.88. The van der Waals surface area contributed by atoms with Crippen molar-refractivity contribution in [1.82, 2.24) is 9.97 Å². The highest BCUT2D eigenvalue weighted by molar-refractivity contribution is 7.73. The minimum absolute atomic E-state index is 0.417. The van der Waals surface area contributed by atoms with Crippen LogP contribution in [0.25, 0.3) is 0 Å². The number of hydrogen-bond acceptors (Lipinski definition) is 5. The highest BCUT2D eigenvalue weighted by Crippen LogP contribution is 2.09. The van der Waals surface area contributed by atoms with E-state index in [4.69, 9.17) is 12.2 Å². The van der Waals surface area contributed by atoms with Crippen molar-refractivity contribution in [3.63, 3.8) is 0 Å². The van der Waals surface area contributed by atoms with Crippen LogP contribution in [0.5, 0.6) is 0 Å². The first-order valence-corrected chi connectivity index (χ1v) is 5.86. The molecule has 2 N–H and O–H groups in total. The van der Waals surface area contributed by atoms with E-state index in [-0.39, 0.29) is 0 Å². The lowest BCUT2D eigenvalue weighted by molar-refractivity contribution is 1.06. The Morgan fingerprint density at radius 2 is 2.12 bits per heavy atom. The van der Waals surface area contributed by atoms with E-state index in [1.54, 1.807) is 0 Å². The van der Waals surface area contributed by atoms with Crippen LogP contribution in [0.2, 0.25) is 0 Å². The van der Waals surface area contributed by atoms with Gasteiger partial charge in [0, 0.05) is 6.54 Å². The molecular formula is C10H9N3OS2. The lowest BCUT2D eigenvalue weighted by atomic mass is 10.2. The lowest BCUT2D eigenvalue weighted by Gasteiger charge is -2.03. The monoisotopic (exact) mass is 251 g/mol. The van der Waals surface area contributed by atoms with Crippen molar-refractivity contribution in [3.8, 4) is 0 Å². The molecule has 0 aliphatic rings. The SMILES string of the molecule is O=c1nc(NCc2ccccc2)sc(=S)[nH]1. The second-order valence-corrected chi connectivity index (χ2v) is 4.74. The Hall–Kier alpha value is -1.53. The Morgan fingerprint density at radius 3 is 2.81 bits per heavy atom. The number of nitrogens with zero attached hydrogens (tertiary/aromatic N) is 1. The molecule has 0 radical (unpaired) electrons. The van der Waals surface area contributed by atoms with Gasteiger partial charge in [0.25, 0.3) is 0 Å². The van der Waals surface area contributed by atoms with Crippen molar-refractivity contribution in [1.29, 1.82) is 0 Å². The number of aromatic amines is 1. The molecule has 0 spiro atoms. The zero-order valence-electron chi connectivity index (χ0n) is 8.27. The van der Waals surface area contributed by atoms with Crippen LogP contribution in [-0.2, 0) is 6.54 Å². The molecule has 0 bridgehead atoms. The van der Waals surface area contributed by atoms with Crippen LogP contribution in [-0.4, -0.2) is 9.97 Å². The number of benzene rings is 1. The molecule has 82 valence electrons. The third-order valence-electron chi connectivity index (χ3n) is 1.89. The Labute approximate surface area is 101 Å². The van der Waals surface area contributed by atoms with Gasteiger partial charge in [-0.05, 0) is 17.8 Å². The number of anilines is 1. The van der Waals surface area contributed by atoms with Crippen LogP contribution in [0, 0.1) is 3.95 Å². The quantitative estimate of drug-likeness (QED) is 0.821. The average molecular weight is 251 g/mol. The number of aromatic nitrogens is 2. The van der Waals surface area contributed by atoms with Crippen LogP contribution in [0.1, 0.15) is 5.56 Å². The van der Waals surface area contributed by atoms with Crippen molar-refractivity contribution in [2.24, 2.45) is 0 Å². The molecule has 0 amide bonds. The van der Waals surface area contributed by atoms with Gasteiger partial charge in [-0.3, -0.25) is 4.98 Å². The summed E-state index contributed by atoms with van der Waals surface area (Å²) < 4.78 is 0.426. The van der Waals surface area contributed by atoms with E-state index < -0.39 is 5.69 Å². The van der Waals surface area contributed by atoms with Gasteiger partial charge >= 0.3 is 5.69 Å². The highest BCUT2D eigenvalue weighted by atomic mass is 32.1. The maximum Gasteiger partial charge on any atom is 0.349 e. The van der Waals surface area contributed by atoms with Crippen LogP contribution in [0.15, 0.2) is 35.1 Å². The van der Waals surface area contributed by atoms with Crippen LogP contribution < -0.4 is 11.0 Å². The number of H-pyrrole nitrogens is 1. The molecule has 0 atom stereocenters. The van der Waals surface area contributed by atoms with E-state index in [0.717, 1.165) is 5.56 Å². The zero-order valence-corrected chi connectivity index (χ0v) is 9.90. The van der Waals surface area contributed by atoms with E-state index in [0.29, 0.717) is 15.6 Å². The van der Waals surface area contributed by atoms with Gasteiger partial charge in [0.15, 0.2) is 9.09 Å². The van der Waals surface area contributed by atoms with Gasteiger partial charge in [-0.2, -0.15) is 4.98 Å². The van der Waals surface area contributed by atoms with Gasteiger partial charge in [0.1, 0.15) is 0 Å². The summed E-state index contributed by atoms with van der Waals surface area (Å²) in [5.41, 5.74) is 0.710. The van der Waals surface area contributed by atoms with Crippen LogP contribution in [0.4, 0.5) is 5.13 Å². The molecule has 1 heterocycles. The molecule has 0 saturated carbocycles. The van der Waals surface area contributed by atoms with Crippen molar-refractivity contribution >= 4 is 28.7 Å². The maximum atomic E-state index is 11.1. The Balaban J connectivity index is 2.11. The number of hydrogen-bond donors (Lipinski definition) is 2. The van der Waals surface area contributed by atoms with Gasteiger partial charge in [0.05, 0.1) is 0 Å². The minimum atomic E-state index is -0.417. The van der Waals surface area contributed by atoms with Crippen molar-refractivity contribution < 1.29 is 0 Å². The molecule has 1 aromatic carbocycles. The van der Waals surface area contributed by atoms with Crippen molar-refractivity contribution in [3.05, 3.63) is 50.3 Å². The largest absolute Gasteiger partial charge is 0.357 e. The summed E-state index contributed by atoms with van der Waals surface area (Å²) in [5, 5.41) is 3.60. The fraction of sp³-hybridized carbons (Fsp3) is 0.100. The van der Waals surface area contributed by atoms with Gasteiger partial charge in [-0.25, -0.2) is 4.79 Å². The molecule has 2 aromatic rings. The first kappa shape index (κ1) is 11.0. The zero-order chi connectivity index (χ0) is 11.4. The predicted octanol–water partition coefficient (Wildman–Crippen LogP) is 2.17. The van der Waals surface area contributed by atoms with E-state index in [1.165, 1.54) is 11.3 Å². The summed E-state index contributed by atoms with van der Waals surface area (Å²) in [5.74, 6) is 0. The summed E-state index contributed by atoms with van der Waals surface area (Å²) in [7, 11) is 0. The summed E-state index contributed by atoms with van der Waals surface area (Å²) in [6.45, 7) is 0.628. The Bertz CT molecular complexity index is 548. The standard InChI is InChI=1S/C10H9N3OS2/c14-8-12-9(16-10(15)13-8)11-6-7-4-2-1-3-5-7/h1-5H,6H2,(H2,11,12,13,14,15). The van der Waals surface area contributed by atoms with Gasteiger partial charge < -0.3 is 5.32 Å². The van der Waals surface area contributed by atoms with E-state index in [2.05, 4.69) is 15.3 Å². The molecule has 0 aliphatic carbocycles. The molecule has 6 heteroatoms. The Kier molecular flexibility index (Phi) is 3.43. The first-order valence-electron chi connectivity index (χ1n) is 4.63. The van der Waals surface area contributed by atoms with Crippen molar-refractivity contribution in [2.75, 3.05) is 5.32 Å². The van der Waals surface area contributed by atoms with Crippen LogP contribution in [0.3, 0.4) is 0 Å². The second-order valence-electron chi connectivity index (χ2n) is 3.08. The number of nitrogens with one attached hydrogen (secondary N) is 2. The van der Waals surface area contributed by atoms with Gasteiger partial charge in [-0.1, -0.05) is 41.7 Å². The molecule has 2 rings (SSSR count). The van der Waals surface area contributed by atoms with E-state index in [9.17, 15) is 4.79 Å². The fourth-order valence-electron chi connectivity index (χ4n) is 1.19. The van der Waals surface area contributed by atoms with Gasteiger partial charge in [-0.15, -0.1) is 0 Å². The maximum absolute atomic E-state index is 11.1. The summed E-state index contributed by atoms with van der Waals surface area (Å²) >= 11 is 6.15. The number of rotatable bonds is 3. The average Bonchev–Trinajstić information content (AvgIpc) is 2.27. The molecule has 1 aromatic heterocycles. The van der Waals surface area contributed by atoms with E-state index in [1.807, 2.05) is 30.3 Å². The molecule has 0 saturated heterocycles. The predicted molar refractivity (Wildman–Crippen MR) is 67.3 cm³/mol. The van der Waals surface area contributed by atoms with Crippen LogP contribution >= 0.6 is 23.6 Å². The molecule has 16 heavy (non-hydrogen) atoms. The third-order valence-corrected chi connectivity index (χ3v) is 2.96. The lowest BCUT2D eigenvalue weighted by Crippen LogP contribution is -2.12. The molecule has 4 nitrogen and oxygen atoms in total. The molecule has 0 unspecified atom stereocenters. The highest BCUT2D eigenvalue weighted by Gasteiger charge is 1.97. The molecular weight excluding hydrogens is 242 g/mol. The normalized spacial score (nSPS) is 10.0. The van der Waals surface area contributed by atoms with Crippen molar-refractivity contribution in [2.45, 2.75) is 6.54 Å². The first-order chi connectivity index (χ1) is 7.74. The smallest absolute Gasteiger partial charge is 0.349 e. The second kappa shape index (κ2) is 5.00.